The first kappa shape index (κ1) is 15.0. The summed E-state index contributed by atoms with van der Waals surface area (Å²) in [5, 5.41) is 2.67. The number of aryl methyl sites for hydroxylation is 1. The molecule has 2 amide bonds. The zero-order valence-electron chi connectivity index (χ0n) is 11.6. The van der Waals surface area contributed by atoms with Crippen LogP contribution in [0.4, 0.5) is 5.69 Å². The molecule has 0 unspecified atom stereocenters. The molecule has 20 heavy (non-hydrogen) atoms. The zero-order chi connectivity index (χ0) is 14.5. The molecular formula is C15H19BrN2O2. The van der Waals surface area contributed by atoms with Crippen LogP contribution in [0.5, 0.6) is 0 Å². The summed E-state index contributed by atoms with van der Waals surface area (Å²) in [4.78, 5) is 25.8. The van der Waals surface area contributed by atoms with Gasteiger partial charge in [-0.15, -0.1) is 0 Å². The first-order valence-corrected chi connectivity index (χ1v) is 7.73. The number of nitrogens with one attached hydrogen (secondary N) is 1. The summed E-state index contributed by atoms with van der Waals surface area (Å²) in [6.07, 6.45) is 4.23. The maximum absolute atomic E-state index is 12.1. The van der Waals surface area contributed by atoms with Gasteiger partial charge in [0.2, 0.25) is 0 Å². The predicted octanol–water partition coefficient (Wildman–Crippen LogP) is 3.10. The summed E-state index contributed by atoms with van der Waals surface area (Å²) >= 11 is 3.41. The van der Waals surface area contributed by atoms with Gasteiger partial charge in [0.1, 0.15) is 0 Å². The molecule has 0 radical (unpaired) electrons. The lowest BCUT2D eigenvalue weighted by Crippen LogP contribution is -2.40. The Labute approximate surface area is 127 Å². The second-order valence-electron chi connectivity index (χ2n) is 5.12. The highest BCUT2D eigenvalue weighted by molar-refractivity contribution is 9.10. The standard InChI is InChI=1S/C15H19BrN2O2/c1-11-6-7-12(10-13(11)16)17-14(19)15(20)18-8-4-2-3-5-9-18/h6-7,10H,2-5,8-9H2,1H3,(H,17,19). The van der Waals surface area contributed by atoms with Gasteiger partial charge in [0.05, 0.1) is 0 Å². The number of benzene rings is 1. The Morgan fingerprint density at radius 3 is 2.40 bits per heavy atom. The minimum absolute atomic E-state index is 0.427. The van der Waals surface area contributed by atoms with E-state index in [-0.39, 0.29) is 0 Å². The van der Waals surface area contributed by atoms with Crippen molar-refractivity contribution in [3.05, 3.63) is 28.2 Å². The number of rotatable bonds is 1. The van der Waals surface area contributed by atoms with E-state index in [1.165, 1.54) is 0 Å². The van der Waals surface area contributed by atoms with Crippen molar-refractivity contribution in [1.29, 1.82) is 0 Å². The van der Waals surface area contributed by atoms with Crippen molar-refractivity contribution in [2.75, 3.05) is 18.4 Å². The molecule has 1 N–H and O–H groups in total. The van der Waals surface area contributed by atoms with Gasteiger partial charge >= 0.3 is 11.8 Å². The van der Waals surface area contributed by atoms with Crippen LogP contribution in [0.25, 0.3) is 0 Å². The first-order valence-electron chi connectivity index (χ1n) is 6.94. The zero-order valence-corrected chi connectivity index (χ0v) is 13.2. The fourth-order valence-corrected chi connectivity index (χ4v) is 2.65. The molecule has 1 aliphatic heterocycles. The third-order valence-corrected chi connectivity index (χ3v) is 4.37. The summed E-state index contributed by atoms with van der Waals surface area (Å²) in [5.41, 5.74) is 1.72. The molecule has 108 valence electrons. The summed E-state index contributed by atoms with van der Waals surface area (Å²) < 4.78 is 0.914. The minimum Gasteiger partial charge on any atom is -0.334 e. The number of amides is 2. The fourth-order valence-electron chi connectivity index (χ4n) is 2.27. The second-order valence-corrected chi connectivity index (χ2v) is 5.98. The molecule has 0 atom stereocenters. The molecule has 0 aromatic heterocycles. The van der Waals surface area contributed by atoms with Crippen LogP contribution in [0.2, 0.25) is 0 Å². The molecule has 0 aliphatic carbocycles. The van der Waals surface area contributed by atoms with Gasteiger partial charge in [-0.2, -0.15) is 0 Å². The molecule has 5 heteroatoms. The maximum atomic E-state index is 12.1. The molecule has 2 rings (SSSR count). The molecule has 0 spiro atoms. The molecule has 1 heterocycles. The summed E-state index contributed by atoms with van der Waals surface area (Å²) in [7, 11) is 0. The van der Waals surface area contributed by atoms with Crippen molar-refractivity contribution >= 4 is 33.4 Å². The van der Waals surface area contributed by atoms with Crippen molar-refractivity contribution in [3.8, 4) is 0 Å². The Kier molecular flexibility index (Phi) is 5.17. The number of likely N-dealkylation sites (tertiary alicyclic amines) is 1. The molecule has 1 saturated heterocycles. The van der Waals surface area contributed by atoms with Crippen molar-refractivity contribution in [2.24, 2.45) is 0 Å². The van der Waals surface area contributed by atoms with Gasteiger partial charge in [0, 0.05) is 23.2 Å². The number of nitrogens with zero attached hydrogens (tertiary/aromatic N) is 1. The van der Waals surface area contributed by atoms with Gasteiger partial charge in [-0.05, 0) is 37.5 Å². The van der Waals surface area contributed by atoms with Crippen LogP contribution in [-0.2, 0) is 9.59 Å². The lowest BCUT2D eigenvalue weighted by molar-refractivity contribution is -0.143. The monoisotopic (exact) mass is 338 g/mol. The van der Waals surface area contributed by atoms with Gasteiger partial charge in [-0.3, -0.25) is 9.59 Å². The van der Waals surface area contributed by atoms with Crippen LogP contribution in [0.1, 0.15) is 31.2 Å². The molecule has 4 nitrogen and oxygen atoms in total. The fraction of sp³-hybridized carbons (Fsp3) is 0.467. The largest absolute Gasteiger partial charge is 0.334 e. The SMILES string of the molecule is Cc1ccc(NC(=O)C(=O)N2CCCCCC2)cc1Br. The Morgan fingerprint density at radius 1 is 1.15 bits per heavy atom. The summed E-state index contributed by atoms with van der Waals surface area (Å²) in [6, 6.07) is 5.51. The van der Waals surface area contributed by atoms with E-state index in [9.17, 15) is 9.59 Å². The average molecular weight is 339 g/mol. The highest BCUT2D eigenvalue weighted by atomic mass is 79.9. The average Bonchev–Trinajstić information content (AvgIpc) is 2.71. The van der Waals surface area contributed by atoms with E-state index in [2.05, 4.69) is 21.2 Å². The van der Waals surface area contributed by atoms with Gasteiger partial charge < -0.3 is 10.2 Å². The minimum atomic E-state index is -0.553. The number of hydrogen-bond donors (Lipinski definition) is 1. The van der Waals surface area contributed by atoms with Gasteiger partial charge in [-0.1, -0.05) is 34.8 Å². The highest BCUT2D eigenvalue weighted by Crippen LogP contribution is 2.20. The molecular weight excluding hydrogens is 320 g/mol. The predicted molar refractivity (Wildman–Crippen MR) is 82.6 cm³/mol. The van der Waals surface area contributed by atoms with E-state index < -0.39 is 11.8 Å². The van der Waals surface area contributed by atoms with E-state index >= 15 is 0 Å². The van der Waals surface area contributed by atoms with Crippen molar-refractivity contribution in [2.45, 2.75) is 32.6 Å². The second kappa shape index (κ2) is 6.88. The maximum Gasteiger partial charge on any atom is 0.313 e. The smallest absolute Gasteiger partial charge is 0.313 e. The summed E-state index contributed by atoms with van der Waals surface area (Å²) in [5.74, 6) is -0.980. The van der Waals surface area contributed by atoms with E-state index in [0.29, 0.717) is 18.8 Å². The van der Waals surface area contributed by atoms with Crippen LogP contribution in [0.3, 0.4) is 0 Å². The molecule has 0 saturated carbocycles. The lowest BCUT2D eigenvalue weighted by Gasteiger charge is -2.19. The normalized spacial score (nSPS) is 15.6. The molecule has 1 fully saturated rings. The van der Waals surface area contributed by atoms with Crippen LogP contribution >= 0.6 is 15.9 Å². The highest BCUT2D eigenvalue weighted by Gasteiger charge is 2.22. The number of carbonyl (C=O) groups is 2. The molecule has 1 aliphatic rings. The Morgan fingerprint density at radius 2 is 1.80 bits per heavy atom. The molecule has 0 bridgehead atoms. The molecule has 1 aromatic rings. The van der Waals surface area contributed by atoms with Crippen LogP contribution in [-0.4, -0.2) is 29.8 Å². The van der Waals surface area contributed by atoms with E-state index in [0.717, 1.165) is 35.7 Å². The van der Waals surface area contributed by atoms with Crippen LogP contribution in [0.15, 0.2) is 22.7 Å². The Hall–Kier alpha value is -1.36. The van der Waals surface area contributed by atoms with Crippen molar-refractivity contribution in [3.63, 3.8) is 0 Å². The molecule has 1 aromatic carbocycles. The number of anilines is 1. The Balaban J connectivity index is 1.99. The number of halogens is 1. The topological polar surface area (TPSA) is 49.4 Å². The van der Waals surface area contributed by atoms with E-state index in [1.807, 2.05) is 19.1 Å². The van der Waals surface area contributed by atoms with E-state index in [4.69, 9.17) is 0 Å². The van der Waals surface area contributed by atoms with Crippen molar-refractivity contribution in [1.82, 2.24) is 4.90 Å². The number of carbonyl (C=O) groups excluding carboxylic acids is 2. The number of hydrogen-bond acceptors (Lipinski definition) is 2. The first-order chi connectivity index (χ1) is 9.58. The quantitative estimate of drug-likeness (QED) is 0.800. The van der Waals surface area contributed by atoms with Gasteiger partial charge in [0.25, 0.3) is 0 Å². The Bertz CT molecular complexity index is 509. The van der Waals surface area contributed by atoms with Crippen molar-refractivity contribution < 1.29 is 9.59 Å². The van der Waals surface area contributed by atoms with Gasteiger partial charge in [0.15, 0.2) is 0 Å². The van der Waals surface area contributed by atoms with E-state index in [1.54, 1.807) is 11.0 Å². The third-order valence-electron chi connectivity index (χ3n) is 3.52. The third kappa shape index (κ3) is 3.82. The van der Waals surface area contributed by atoms with Crippen LogP contribution in [0, 0.1) is 6.92 Å². The lowest BCUT2D eigenvalue weighted by atomic mass is 10.2. The van der Waals surface area contributed by atoms with Crippen LogP contribution < -0.4 is 5.32 Å². The summed E-state index contributed by atoms with van der Waals surface area (Å²) in [6.45, 7) is 3.34. The van der Waals surface area contributed by atoms with Gasteiger partial charge in [-0.25, -0.2) is 0 Å².